The highest BCUT2D eigenvalue weighted by atomic mass is 35.5. The molecule has 0 aliphatic rings. The zero-order valence-electron chi connectivity index (χ0n) is 12.2. The van der Waals surface area contributed by atoms with E-state index in [1.165, 1.54) is 0 Å². The number of hydrogen-bond donors (Lipinski definition) is 0. The standard InChI is InChI=1S/C19H13ClN2O/c1-2-12-22-13-17(14-6-4-3-5-7-14)18(21-22)19(23)15-8-10-16(20)11-9-15/h1,3-11,13H,12H2. The Kier molecular flexibility index (Phi) is 4.27. The summed E-state index contributed by atoms with van der Waals surface area (Å²) in [5, 5.41) is 4.95. The van der Waals surface area contributed by atoms with Crippen molar-refractivity contribution < 1.29 is 4.79 Å². The fraction of sp³-hybridized carbons (Fsp3) is 0.0526. The van der Waals surface area contributed by atoms with Gasteiger partial charge in [-0.3, -0.25) is 9.48 Å². The molecule has 0 saturated heterocycles. The normalized spacial score (nSPS) is 10.3. The Morgan fingerprint density at radius 1 is 1.13 bits per heavy atom. The maximum absolute atomic E-state index is 12.8. The van der Waals surface area contributed by atoms with Crippen molar-refractivity contribution in [3.63, 3.8) is 0 Å². The lowest BCUT2D eigenvalue weighted by atomic mass is 10.0. The van der Waals surface area contributed by atoms with Crippen LogP contribution in [0.4, 0.5) is 0 Å². The van der Waals surface area contributed by atoms with Gasteiger partial charge in [0.2, 0.25) is 5.78 Å². The molecular formula is C19H13ClN2O. The Balaban J connectivity index is 2.08. The van der Waals surface area contributed by atoms with Crippen LogP contribution in [-0.4, -0.2) is 15.6 Å². The Morgan fingerprint density at radius 2 is 1.83 bits per heavy atom. The molecule has 0 spiro atoms. The first-order valence-electron chi connectivity index (χ1n) is 7.05. The molecule has 3 aromatic rings. The van der Waals surface area contributed by atoms with E-state index in [1.54, 1.807) is 35.1 Å². The minimum absolute atomic E-state index is 0.156. The van der Waals surface area contributed by atoms with Gasteiger partial charge in [0, 0.05) is 22.3 Å². The second-order valence-electron chi connectivity index (χ2n) is 5.00. The van der Waals surface area contributed by atoms with Gasteiger partial charge in [-0.05, 0) is 29.8 Å². The van der Waals surface area contributed by atoms with E-state index in [1.807, 2.05) is 30.3 Å². The molecule has 112 valence electrons. The van der Waals surface area contributed by atoms with Gasteiger partial charge in [-0.1, -0.05) is 47.9 Å². The Bertz CT molecular complexity index is 874. The van der Waals surface area contributed by atoms with Gasteiger partial charge in [-0.2, -0.15) is 5.10 Å². The summed E-state index contributed by atoms with van der Waals surface area (Å²) >= 11 is 5.88. The minimum Gasteiger partial charge on any atom is -0.287 e. The summed E-state index contributed by atoms with van der Waals surface area (Å²) in [5.41, 5.74) is 2.61. The van der Waals surface area contributed by atoms with Crippen LogP contribution >= 0.6 is 11.6 Å². The molecule has 0 bridgehead atoms. The monoisotopic (exact) mass is 320 g/mol. The van der Waals surface area contributed by atoms with Gasteiger partial charge in [0.25, 0.3) is 0 Å². The van der Waals surface area contributed by atoms with Crippen molar-refractivity contribution in [1.82, 2.24) is 9.78 Å². The van der Waals surface area contributed by atoms with Crippen molar-refractivity contribution in [3.05, 3.63) is 77.1 Å². The van der Waals surface area contributed by atoms with E-state index < -0.39 is 0 Å². The SMILES string of the molecule is C#CCn1cc(-c2ccccc2)c(C(=O)c2ccc(Cl)cc2)n1. The van der Waals surface area contributed by atoms with E-state index in [0.29, 0.717) is 22.8 Å². The van der Waals surface area contributed by atoms with Crippen LogP contribution in [0, 0.1) is 12.3 Å². The van der Waals surface area contributed by atoms with Crippen LogP contribution in [0.1, 0.15) is 16.1 Å². The van der Waals surface area contributed by atoms with Crippen molar-refractivity contribution in [2.75, 3.05) is 0 Å². The number of halogens is 1. The molecule has 3 nitrogen and oxygen atoms in total. The summed E-state index contributed by atoms with van der Waals surface area (Å²) in [6.07, 6.45) is 7.16. The molecule has 0 N–H and O–H groups in total. The van der Waals surface area contributed by atoms with Crippen LogP contribution in [0.15, 0.2) is 60.8 Å². The van der Waals surface area contributed by atoms with E-state index in [4.69, 9.17) is 18.0 Å². The summed E-state index contributed by atoms with van der Waals surface area (Å²) in [6, 6.07) is 16.4. The third-order valence-corrected chi connectivity index (χ3v) is 3.67. The molecular weight excluding hydrogens is 308 g/mol. The van der Waals surface area contributed by atoms with E-state index in [-0.39, 0.29) is 5.78 Å². The Labute approximate surface area is 139 Å². The summed E-state index contributed by atoms with van der Waals surface area (Å²) in [7, 11) is 0. The first-order valence-corrected chi connectivity index (χ1v) is 7.43. The number of ketones is 1. The fourth-order valence-corrected chi connectivity index (χ4v) is 2.46. The number of benzene rings is 2. The molecule has 2 aromatic carbocycles. The Morgan fingerprint density at radius 3 is 2.48 bits per heavy atom. The molecule has 0 aliphatic heterocycles. The van der Waals surface area contributed by atoms with Gasteiger partial charge in [0.05, 0.1) is 0 Å². The number of hydrogen-bond acceptors (Lipinski definition) is 2. The summed E-state index contributed by atoms with van der Waals surface area (Å²) in [5.74, 6) is 2.38. The van der Waals surface area contributed by atoms with Crippen molar-refractivity contribution >= 4 is 17.4 Å². The average molecular weight is 321 g/mol. The number of carbonyl (C=O) groups excluding carboxylic acids is 1. The number of aromatic nitrogens is 2. The van der Waals surface area contributed by atoms with Gasteiger partial charge < -0.3 is 0 Å². The highest BCUT2D eigenvalue weighted by Gasteiger charge is 2.19. The first kappa shape index (κ1) is 15.1. The number of terminal acetylenes is 1. The second-order valence-corrected chi connectivity index (χ2v) is 5.43. The third kappa shape index (κ3) is 3.18. The molecule has 0 unspecified atom stereocenters. The maximum Gasteiger partial charge on any atom is 0.213 e. The lowest BCUT2D eigenvalue weighted by Crippen LogP contribution is -2.05. The predicted octanol–water partition coefficient (Wildman–Crippen LogP) is 4.07. The molecule has 0 aliphatic carbocycles. The lowest BCUT2D eigenvalue weighted by Gasteiger charge is -2.02. The van der Waals surface area contributed by atoms with Crippen LogP contribution in [0.5, 0.6) is 0 Å². The molecule has 1 heterocycles. The quantitative estimate of drug-likeness (QED) is 0.536. The summed E-state index contributed by atoms with van der Waals surface area (Å²) in [4.78, 5) is 12.8. The number of nitrogens with zero attached hydrogens (tertiary/aromatic N) is 2. The molecule has 0 radical (unpaired) electrons. The van der Waals surface area contributed by atoms with Crippen LogP contribution in [0.2, 0.25) is 5.02 Å². The zero-order chi connectivity index (χ0) is 16.2. The van der Waals surface area contributed by atoms with Gasteiger partial charge in [-0.15, -0.1) is 6.42 Å². The average Bonchev–Trinajstić information content (AvgIpc) is 3.00. The fourth-order valence-electron chi connectivity index (χ4n) is 2.33. The zero-order valence-corrected chi connectivity index (χ0v) is 13.0. The van der Waals surface area contributed by atoms with Gasteiger partial charge in [-0.25, -0.2) is 0 Å². The smallest absolute Gasteiger partial charge is 0.213 e. The second kappa shape index (κ2) is 6.51. The predicted molar refractivity (Wildman–Crippen MR) is 91.4 cm³/mol. The molecule has 3 rings (SSSR count). The minimum atomic E-state index is -0.156. The molecule has 0 amide bonds. The molecule has 23 heavy (non-hydrogen) atoms. The van der Waals surface area contributed by atoms with Crippen LogP contribution in [0.25, 0.3) is 11.1 Å². The van der Waals surface area contributed by atoms with Crippen LogP contribution in [-0.2, 0) is 6.54 Å². The summed E-state index contributed by atoms with van der Waals surface area (Å²) < 4.78 is 1.60. The highest BCUT2D eigenvalue weighted by Crippen LogP contribution is 2.25. The van der Waals surface area contributed by atoms with E-state index in [2.05, 4.69) is 11.0 Å². The van der Waals surface area contributed by atoms with Crippen molar-refractivity contribution in [2.24, 2.45) is 0 Å². The molecule has 0 atom stereocenters. The topological polar surface area (TPSA) is 34.9 Å². The largest absolute Gasteiger partial charge is 0.287 e. The van der Waals surface area contributed by atoms with E-state index in [0.717, 1.165) is 11.1 Å². The van der Waals surface area contributed by atoms with Crippen LogP contribution in [0.3, 0.4) is 0 Å². The molecule has 0 fully saturated rings. The highest BCUT2D eigenvalue weighted by molar-refractivity contribution is 6.30. The summed E-state index contributed by atoms with van der Waals surface area (Å²) in [6.45, 7) is 0.313. The van der Waals surface area contributed by atoms with Gasteiger partial charge >= 0.3 is 0 Å². The lowest BCUT2D eigenvalue weighted by molar-refractivity contribution is 0.103. The maximum atomic E-state index is 12.8. The Hall–Kier alpha value is -2.83. The van der Waals surface area contributed by atoms with E-state index >= 15 is 0 Å². The molecule has 1 aromatic heterocycles. The first-order chi connectivity index (χ1) is 11.2. The number of carbonyl (C=O) groups is 1. The molecule has 4 heteroatoms. The van der Waals surface area contributed by atoms with Gasteiger partial charge in [0.15, 0.2) is 0 Å². The van der Waals surface area contributed by atoms with Crippen molar-refractivity contribution in [2.45, 2.75) is 6.54 Å². The molecule has 0 saturated carbocycles. The van der Waals surface area contributed by atoms with Gasteiger partial charge in [0.1, 0.15) is 12.2 Å². The van der Waals surface area contributed by atoms with Crippen LogP contribution < -0.4 is 0 Å². The van der Waals surface area contributed by atoms with Crippen molar-refractivity contribution in [1.29, 1.82) is 0 Å². The third-order valence-electron chi connectivity index (χ3n) is 3.42. The number of rotatable bonds is 4. The van der Waals surface area contributed by atoms with E-state index in [9.17, 15) is 4.79 Å². The van der Waals surface area contributed by atoms with Crippen molar-refractivity contribution in [3.8, 4) is 23.5 Å².